The van der Waals surface area contributed by atoms with E-state index in [1.165, 1.54) is 0 Å². The van der Waals surface area contributed by atoms with Gasteiger partial charge in [0.25, 0.3) is 0 Å². The van der Waals surface area contributed by atoms with Gasteiger partial charge in [-0.3, -0.25) is 14.5 Å². The van der Waals surface area contributed by atoms with E-state index in [1.54, 1.807) is 24.3 Å². The fraction of sp³-hybridized carbons (Fsp3) is 0.500. The third kappa shape index (κ3) is 3.74. The monoisotopic (exact) mass is 326 g/mol. The molecule has 0 spiro atoms. The van der Waals surface area contributed by atoms with Gasteiger partial charge in [0.1, 0.15) is 0 Å². The van der Waals surface area contributed by atoms with E-state index in [9.17, 15) is 9.59 Å². The lowest BCUT2D eigenvalue weighted by Crippen LogP contribution is -2.54. The lowest BCUT2D eigenvalue weighted by molar-refractivity contribution is -0.135. The molecule has 2 aliphatic rings. The van der Waals surface area contributed by atoms with Crippen LogP contribution in [0.15, 0.2) is 24.3 Å². The number of carbonyl (C=O) groups excluding carboxylic acids is 2. The van der Waals surface area contributed by atoms with Crippen LogP contribution in [0.2, 0.25) is 0 Å². The number of nitriles is 1. The van der Waals surface area contributed by atoms with Crippen LogP contribution in [0.25, 0.3) is 0 Å². The number of nitrogens with zero attached hydrogens (tertiary/aromatic N) is 3. The molecule has 1 aromatic carbocycles. The van der Waals surface area contributed by atoms with Crippen molar-refractivity contribution in [3.05, 3.63) is 29.8 Å². The molecule has 3 rings (SSSR count). The van der Waals surface area contributed by atoms with Crippen LogP contribution >= 0.6 is 0 Å². The number of benzene rings is 1. The summed E-state index contributed by atoms with van der Waals surface area (Å²) >= 11 is 0. The van der Waals surface area contributed by atoms with E-state index < -0.39 is 0 Å². The lowest BCUT2D eigenvalue weighted by Gasteiger charge is -2.37. The van der Waals surface area contributed by atoms with E-state index in [-0.39, 0.29) is 23.8 Å². The van der Waals surface area contributed by atoms with Gasteiger partial charge in [-0.1, -0.05) is 0 Å². The van der Waals surface area contributed by atoms with Crippen LogP contribution in [0.1, 0.15) is 25.3 Å². The summed E-state index contributed by atoms with van der Waals surface area (Å²) in [6.45, 7) is 4.73. The Labute approximate surface area is 142 Å². The standard InChI is InChI=1S/C18H22N4O2/c1-13(17(23)20-16-6-2-14(12-19)3-7-16)21-8-10-22(11-9-21)18(24)15-4-5-15/h2-3,6-7,13,15H,4-5,8-11H2,1H3,(H,20,23)/t13-/m0/s1. The van der Waals surface area contributed by atoms with Crippen molar-refractivity contribution in [3.63, 3.8) is 0 Å². The van der Waals surface area contributed by atoms with Gasteiger partial charge in [-0.25, -0.2) is 0 Å². The Morgan fingerprint density at radius 1 is 1.17 bits per heavy atom. The molecule has 1 saturated carbocycles. The second-order valence-corrected chi connectivity index (χ2v) is 6.49. The highest BCUT2D eigenvalue weighted by molar-refractivity contribution is 5.94. The SMILES string of the molecule is C[C@@H](C(=O)Nc1ccc(C#N)cc1)N1CCN(C(=O)C2CC2)CC1. The highest BCUT2D eigenvalue weighted by Crippen LogP contribution is 2.31. The molecule has 0 aromatic heterocycles. The molecule has 126 valence electrons. The van der Waals surface area contributed by atoms with Crippen LogP contribution in [0.5, 0.6) is 0 Å². The Balaban J connectivity index is 1.50. The number of nitrogens with one attached hydrogen (secondary N) is 1. The molecule has 2 amide bonds. The molecule has 2 fully saturated rings. The molecule has 1 aromatic rings. The molecule has 1 aliphatic carbocycles. The largest absolute Gasteiger partial charge is 0.340 e. The number of hydrogen-bond acceptors (Lipinski definition) is 4. The quantitative estimate of drug-likeness (QED) is 0.908. The Hall–Kier alpha value is -2.39. The first-order valence-corrected chi connectivity index (χ1v) is 8.42. The third-order valence-corrected chi connectivity index (χ3v) is 4.76. The summed E-state index contributed by atoms with van der Waals surface area (Å²) in [6, 6.07) is 8.63. The van der Waals surface area contributed by atoms with E-state index in [0.29, 0.717) is 24.3 Å². The topological polar surface area (TPSA) is 76.4 Å². The number of rotatable bonds is 4. The highest BCUT2D eigenvalue weighted by atomic mass is 16.2. The second-order valence-electron chi connectivity index (χ2n) is 6.49. The van der Waals surface area contributed by atoms with Crippen molar-refractivity contribution >= 4 is 17.5 Å². The molecule has 0 bridgehead atoms. The molecule has 1 atom stereocenters. The van der Waals surface area contributed by atoms with Gasteiger partial charge < -0.3 is 10.2 Å². The summed E-state index contributed by atoms with van der Waals surface area (Å²) in [5.41, 5.74) is 1.26. The van der Waals surface area contributed by atoms with E-state index in [2.05, 4.69) is 16.3 Å². The highest BCUT2D eigenvalue weighted by Gasteiger charge is 2.35. The van der Waals surface area contributed by atoms with Crippen LogP contribution in [0, 0.1) is 17.2 Å². The van der Waals surface area contributed by atoms with Gasteiger partial charge in [-0.05, 0) is 44.0 Å². The van der Waals surface area contributed by atoms with Crippen molar-refractivity contribution < 1.29 is 9.59 Å². The molecule has 1 aliphatic heterocycles. The summed E-state index contributed by atoms with van der Waals surface area (Å²) in [5.74, 6) is 0.472. The van der Waals surface area contributed by atoms with Crippen molar-refractivity contribution in [2.75, 3.05) is 31.5 Å². The van der Waals surface area contributed by atoms with Crippen molar-refractivity contribution in [1.29, 1.82) is 5.26 Å². The zero-order valence-corrected chi connectivity index (χ0v) is 13.9. The summed E-state index contributed by atoms with van der Waals surface area (Å²) in [4.78, 5) is 28.5. The van der Waals surface area contributed by atoms with Crippen molar-refractivity contribution in [1.82, 2.24) is 9.80 Å². The first-order valence-electron chi connectivity index (χ1n) is 8.42. The lowest BCUT2D eigenvalue weighted by atomic mass is 10.2. The normalized spacial score (nSPS) is 19.4. The van der Waals surface area contributed by atoms with Crippen LogP contribution in [-0.4, -0.2) is 53.8 Å². The molecular weight excluding hydrogens is 304 g/mol. The average Bonchev–Trinajstić information content (AvgIpc) is 3.46. The minimum atomic E-state index is -0.251. The van der Waals surface area contributed by atoms with Crippen molar-refractivity contribution in [3.8, 4) is 6.07 Å². The Morgan fingerprint density at radius 2 is 1.79 bits per heavy atom. The van der Waals surface area contributed by atoms with Crippen LogP contribution in [0.4, 0.5) is 5.69 Å². The maximum atomic E-state index is 12.4. The minimum absolute atomic E-state index is 0.0679. The van der Waals surface area contributed by atoms with Gasteiger partial charge in [0, 0.05) is 37.8 Å². The third-order valence-electron chi connectivity index (χ3n) is 4.76. The molecule has 0 unspecified atom stereocenters. The van der Waals surface area contributed by atoms with Gasteiger partial charge in [-0.15, -0.1) is 0 Å². The molecule has 1 heterocycles. The summed E-state index contributed by atoms with van der Waals surface area (Å²) in [7, 11) is 0. The fourth-order valence-electron chi connectivity index (χ4n) is 2.96. The van der Waals surface area contributed by atoms with Gasteiger partial charge in [0.15, 0.2) is 0 Å². The zero-order valence-electron chi connectivity index (χ0n) is 13.9. The van der Waals surface area contributed by atoms with E-state index in [4.69, 9.17) is 5.26 Å². The summed E-state index contributed by atoms with van der Waals surface area (Å²) in [5, 5.41) is 11.7. The average molecular weight is 326 g/mol. The smallest absolute Gasteiger partial charge is 0.241 e. The first kappa shape index (κ1) is 16.5. The van der Waals surface area contributed by atoms with E-state index >= 15 is 0 Å². The summed E-state index contributed by atoms with van der Waals surface area (Å²) < 4.78 is 0. The zero-order chi connectivity index (χ0) is 17.1. The molecule has 24 heavy (non-hydrogen) atoms. The molecule has 0 radical (unpaired) electrons. The van der Waals surface area contributed by atoms with Gasteiger partial charge in [0.2, 0.25) is 11.8 Å². The second kappa shape index (κ2) is 7.02. The molecular formula is C18H22N4O2. The molecule has 6 heteroatoms. The maximum Gasteiger partial charge on any atom is 0.241 e. The first-order chi connectivity index (χ1) is 11.6. The predicted molar refractivity (Wildman–Crippen MR) is 90.1 cm³/mol. The molecule has 1 saturated heterocycles. The van der Waals surface area contributed by atoms with Gasteiger partial charge in [0.05, 0.1) is 17.7 Å². The van der Waals surface area contributed by atoms with Gasteiger partial charge in [-0.2, -0.15) is 5.26 Å². The van der Waals surface area contributed by atoms with Crippen molar-refractivity contribution in [2.24, 2.45) is 5.92 Å². The molecule has 1 N–H and O–H groups in total. The fourth-order valence-corrected chi connectivity index (χ4v) is 2.96. The Morgan fingerprint density at radius 3 is 2.33 bits per heavy atom. The number of anilines is 1. The van der Waals surface area contributed by atoms with Crippen LogP contribution < -0.4 is 5.32 Å². The minimum Gasteiger partial charge on any atom is -0.340 e. The van der Waals surface area contributed by atoms with Crippen molar-refractivity contribution in [2.45, 2.75) is 25.8 Å². The number of carbonyl (C=O) groups is 2. The van der Waals surface area contributed by atoms with E-state index in [0.717, 1.165) is 25.9 Å². The number of amides is 2. The summed E-state index contributed by atoms with van der Waals surface area (Å²) in [6.07, 6.45) is 2.06. The predicted octanol–water partition coefficient (Wildman–Crippen LogP) is 1.44. The number of piperazine rings is 1. The van der Waals surface area contributed by atoms with Crippen LogP contribution in [-0.2, 0) is 9.59 Å². The molecule has 6 nitrogen and oxygen atoms in total. The Bertz CT molecular complexity index is 653. The Kier molecular flexibility index (Phi) is 4.81. The number of hydrogen-bond donors (Lipinski definition) is 1. The van der Waals surface area contributed by atoms with Crippen LogP contribution in [0.3, 0.4) is 0 Å². The maximum absolute atomic E-state index is 12.4. The van der Waals surface area contributed by atoms with Gasteiger partial charge >= 0.3 is 0 Å². The van der Waals surface area contributed by atoms with E-state index in [1.807, 2.05) is 11.8 Å².